The van der Waals surface area contributed by atoms with E-state index in [2.05, 4.69) is 26.1 Å². The van der Waals surface area contributed by atoms with Crippen LogP contribution in [0.1, 0.15) is 42.7 Å². The Labute approximate surface area is 271 Å². The van der Waals surface area contributed by atoms with Crippen molar-refractivity contribution in [3.05, 3.63) is 114 Å². The van der Waals surface area contributed by atoms with Crippen LogP contribution < -0.4 is 15.1 Å². The van der Waals surface area contributed by atoms with Gasteiger partial charge in [-0.2, -0.15) is 0 Å². The molecule has 13 heteroatoms. The Bertz CT molecular complexity index is 1900. The minimum Gasteiger partial charge on any atom is -0.325 e. The van der Waals surface area contributed by atoms with Crippen LogP contribution in [0.2, 0.25) is 5.02 Å². The van der Waals surface area contributed by atoms with E-state index in [0.717, 1.165) is 39.1 Å². The number of anilines is 2. The Kier molecular flexibility index (Phi) is 7.92. The van der Waals surface area contributed by atoms with Gasteiger partial charge in [-0.1, -0.05) is 79.7 Å². The van der Waals surface area contributed by atoms with Crippen molar-refractivity contribution in [3.63, 3.8) is 0 Å². The third-order valence-corrected chi connectivity index (χ3v) is 10.8. The maximum Gasteiger partial charge on any atom is 0.308 e. The zero-order valence-electron chi connectivity index (χ0n) is 24.4. The van der Waals surface area contributed by atoms with Crippen LogP contribution in [-0.2, 0) is 26.3 Å². The van der Waals surface area contributed by atoms with E-state index < -0.39 is 39.7 Å². The van der Waals surface area contributed by atoms with Crippen molar-refractivity contribution in [2.24, 2.45) is 5.92 Å². The fourth-order valence-electron chi connectivity index (χ4n) is 5.66. The number of thioether (sulfide) groups is 1. The van der Waals surface area contributed by atoms with E-state index in [1.165, 1.54) is 28.8 Å². The number of hydrogen-bond donors (Lipinski definition) is 1. The third-order valence-electron chi connectivity index (χ3n) is 7.93. The molecule has 0 bridgehead atoms. The molecule has 1 N–H and O–H groups in total. The number of carbonyl (C=O) groups excluding carboxylic acids is 3. The number of imide groups is 1. The molecular formula is C32H27ClN4O6S2. The van der Waals surface area contributed by atoms with Crippen LogP contribution in [0, 0.1) is 16.0 Å². The third kappa shape index (κ3) is 5.69. The highest BCUT2D eigenvalue weighted by Crippen LogP contribution is 2.54. The Morgan fingerprint density at radius 3 is 2.20 bits per heavy atom. The Balaban J connectivity index is 1.41. The number of hydrogen-bond acceptors (Lipinski definition) is 8. The van der Waals surface area contributed by atoms with E-state index in [1.54, 1.807) is 24.3 Å². The first kappa shape index (κ1) is 30.8. The predicted molar refractivity (Wildman–Crippen MR) is 174 cm³/mol. The molecule has 0 aliphatic carbocycles. The molecule has 0 saturated carbocycles. The second-order valence-corrected chi connectivity index (χ2v) is 14.4. The fraction of sp³-hybridized carbons (Fsp3) is 0.250. The zero-order valence-corrected chi connectivity index (χ0v) is 26.7. The topological polar surface area (TPSA) is 132 Å². The van der Waals surface area contributed by atoms with Gasteiger partial charge in [0.1, 0.15) is 11.8 Å². The minimum absolute atomic E-state index is 0.119. The highest BCUT2D eigenvalue weighted by Gasteiger charge is 2.56. The molecule has 1 fully saturated rings. The molecule has 0 spiro atoms. The van der Waals surface area contributed by atoms with E-state index in [0.29, 0.717) is 20.6 Å². The highest BCUT2D eigenvalue weighted by molar-refractivity contribution is 8.00. The Hall–Kier alpha value is -4.26. The maximum atomic E-state index is 14.1. The zero-order chi connectivity index (χ0) is 32.2. The SMILES string of the molecule is CC(C)(C)c1ccc([C@H]2c3sc(=O)n(CC(=O)Nc4ccc(Cl)cc4)c3SC3C(=O)N(c4ccc([N+](=O)[O-])cc4)C(=O)C32)cc1. The molecule has 2 unspecified atom stereocenters. The number of rotatable bonds is 6. The molecule has 230 valence electrons. The minimum atomic E-state index is -0.882. The van der Waals surface area contributed by atoms with Crippen molar-refractivity contribution in [2.45, 2.75) is 48.9 Å². The van der Waals surface area contributed by atoms with Gasteiger partial charge in [0.2, 0.25) is 17.7 Å². The van der Waals surface area contributed by atoms with Crippen molar-refractivity contribution >= 4 is 69.5 Å². The molecule has 1 saturated heterocycles. The fourth-order valence-corrected chi connectivity index (χ4v) is 8.56. The molecule has 2 aliphatic heterocycles. The number of thiazole rings is 1. The first-order valence-electron chi connectivity index (χ1n) is 14.0. The molecule has 4 aromatic rings. The average Bonchev–Trinajstić information content (AvgIpc) is 3.44. The summed E-state index contributed by atoms with van der Waals surface area (Å²) in [5, 5.41) is 14.1. The lowest BCUT2D eigenvalue weighted by Crippen LogP contribution is -2.33. The smallest absolute Gasteiger partial charge is 0.308 e. The van der Waals surface area contributed by atoms with Crippen molar-refractivity contribution < 1.29 is 19.3 Å². The summed E-state index contributed by atoms with van der Waals surface area (Å²) in [4.78, 5) is 66.4. The van der Waals surface area contributed by atoms with Crippen molar-refractivity contribution in [2.75, 3.05) is 10.2 Å². The lowest BCUT2D eigenvalue weighted by molar-refractivity contribution is -0.384. The summed E-state index contributed by atoms with van der Waals surface area (Å²) in [7, 11) is 0. The summed E-state index contributed by atoms with van der Waals surface area (Å²) < 4.78 is 1.36. The van der Waals surface area contributed by atoms with Gasteiger partial charge in [-0.15, -0.1) is 0 Å². The summed E-state index contributed by atoms with van der Waals surface area (Å²) >= 11 is 8.02. The molecule has 2 aliphatic rings. The lowest BCUT2D eigenvalue weighted by atomic mass is 9.81. The molecular weight excluding hydrogens is 636 g/mol. The monoisotopic (exact) mass is 662 g/mol. The van der Waals surface area contributed by atoms with E-state index in [9.17, 15) is 29.3 Å². The maximum absolute atomic E-state index is 14.1. The van der Waals surface area contributed by atoms with E-state index >= 15 is 0 Å². The number of amides is 3. The van der Waals surface area contributed by atoms with Crippen LogP contribution in [0.4, 0.5) is 17.1 Å². The van der Waals surface area contributed by atoms with Gasteiger partial charge in [0.15, 0.2) is 0 Å². The van der Waals surface area contributed by atoms with Gasteiger partial charge in [-0.25, -0.2) is 4.90 Å². The van der Waals surface area contributed by atoms with Crippen LogP contribution in [-0.4, -0.2) is 32.5 Å². The Morgan fingerprint density at radius 1 is 0.956 bits per heavy atom. The van der Waals surface area contributed by atoms with Gasteiger partial charge in [-0.05, 0) is 52.9 Å². The number of fused-ring (bicyclic) bond motifs is 2. The van der Waals surface area contributed by atoms with Crippen LogP contribution in [0.25, 0.3) is 0 Å². The molecule has 45 heavy (non-hydrogen) atoms. The first-order chi connectivity index (χ1) is 21.3. The molecule has 1 aromatic heterocycles. The largest absolute Gasteiger partial charge is 0.325 e. The van der Waals surface area contributed by atoms with Crippen molar-refractivity contribution in [3.8, 4) is 0 Å². The molecule has 6 rings (SSSR count). The van der Waals surface area contributed by atoms with Gasteiger partial charge in [0.25, 0.3) is 5.69 Å². The number of nitro groups is 1. The second-order valence-electron chi connectivity index (χ2n) is 11.9. The van der Waals surface area contributed by atoms with Gasteiger partial charge in [-0.3, -0.25) is 33.9 Å². The van der Waals surface area contributed by atoms with Gasteiger partial charge < -0.3 is 5.32 Å². The van der Waals surface area contributed by atoms with Crippen LogP contribution in [0.15, 0.2) is 82.6 Å². The summed E-state index contributed by atoms with van der Waals surface area (Å²) in [5.41, 5.74) is 2.32. The molecule has 10 nitrogen and oxygen atoms in total. The number of carbonyl (C=O) groups is 3. The lowest BCUT2D eigenvalue weighted by Gasteiger charge is -2.31. The quantitative estimate of drug-likeness (QED) is 0.148. The van der Waals surface area contributed by atoms with Crippen LogP contribution >= 0.6 is 34.7 Å². The molecule has 0 radical (unpaired) electrons. The molecule has 3 amide bonds. The van der Waals surface area contributed by atoms with Gasteiger partial charge in [0, 0.05) is 33.6 Å². The number of nitro benzene ring substituents is 1. The van der Waals surface area contributed by atoms with Crippen molar-refractivity contribution in [1.29, 1.82) is 0 Å². The predicted octanol–water partition coefficient (Wildman–Crippen LogP) is 6.20. The normalized spacial score (nSPS) is 19.3. The highest BCUT2D eigenvalue weighted by atomic mass is 35.5. The second kappa shape index (κ2) is 11.6. The van der Waals surface area contributed by atoms with Crippen LogP contribution in [0.3, 0.4) is 0 Å². The summed E-state index contributed by atoms with van der Waals surface area (Å²) in [6.45, 7) is 5.99. The molecule has 3 atom stereocenters. The number of halogens is 1. The number of non-ortho nitro benzene ring substituents is 1. The molecule has 3 aromatic carbocycles. The Morgan fingerprint density at radius 2 is 1.60 bits per heavy atom. The summed E-state index contributed by atoms with van der Waals surface area (Å²) in [6.07, 6.45) is 0. The first-order valence-corrected chi connectivity index (χ1v) is 16.1. The van der Waals surface area contributed by atoms with Crippen LogP contribution in [0.5, 0.6) is 0 Å². The standard InChI is InChI=1S/C32H27ClN4O6S2/c1-32(2,3)18-6-4-17(5-7-18)24-25-26(29(40)36(28(25)39)21-12-14-22(15-13-21)37(42)43)44-30-27(24)45-31(41)35(30)16-23(38)34-20-10-8-19(33)9-11-20/h4-15,24-26H,16H2,1-3H3,(H,34,38)/t24-,25?,26?/m1/s1. The van der Waals surface area contributed by atoms with Gasteiger partial charge >= 0.3 is 4.87 Å². The summed E-state index contributed by atoms with van der Waals surface area (Å²) in [6, 6.07) is 19.7. The number of benzene rings is 3. The molecule has 3 heterocycles. The van der Waals surface area contributed by atoms with Crippen molar-refractivity contribution in [1.82, 2.24) is 4.57 Å². The number of nitrogens with zero attached hydrogens (tertiary/aromatic N) is 3. The average molecular weight is 663 g/mol. The number of nitrogens with one attached hydrogen (secondary N) is 1. The number of aromatic nitrogens is 1. The van der Waals surface area contributed by atoms with E-state index in [4.69, 9.17) is 11.6 Å². The summed E-state index contributed by atoms with van der Waals surface area (Å²) in [5.74, 6) is -2.83. The van der Waals surface area contributed by atoms with E-state index in [1.807, 2.05) is 24.3 Å². The van der Waals surface area contributed by atoms with E-state index in [-0.39, 0.29) is 28.2 Å². The van der Waals surface area contributed by atoms with Gasteiger partial charge in [0.05, 0.1) is 21.6 Å².